The van der Waals surface area contributed by atoms with Gasteiger partial charge in [0.1, 0.15) is 0 Å². The van der Waals surface area contributed by atoms with Gasteiger partial charge in [-0.1, -0.05) is 0 Å². The number of esters is 1. The summed E-state index contributed by atoms with van der Waals surface area (Å²) >= 11 is 0. The van der Waals surface area contributed by atoms with Gasteiger partial charge in [0.2, 0.25) is 5.75 Å². The second kappa shape index (κ2) is 12.6. The van der Waals surface area contributed by atoms with Crippen LogP contribution in [-0.4, -0.2) is 94.7 Å². The average molecular weight is 425 g/mol. The molecule has 0 saturated heterocycles. The minimum atomic E-state index is -0.420. The molecule has 8 heteroatoms. The van der Waals surface area contributed by atoms with Crippen LogP contribution in [0.15, 0.2) is 12.1 Å². The standard InChI is InChI=1S/C22H36N2O6/c1-23-9-6-14-30-22(26)17-15-19(27-3)21(28-4)20(16-17)29-13-5-7-18(25)8-10-24(2)12-11-23/h15-16,18,25H,5-14H2,1-4H3. The molecule has 8 nitrogen and oxygen atoms in total. The van der Waals surface area contributed by atoms with Crippen LogP contribution in [0.5, 0.6) is 17.2 Å². The summed E-state index contributed by atoms with van der Waals surface area (Å²) < 4.78 is 22.1. The van der Waals surface area contributed by atoms with Crippen molar-refractivity contribution in [3.63, 3.8) is 0 Å². The fourth-order valence-corrected chi connectivity index (χ4v) is 3.32. The molecule has 170 valence electrons. The highest BCUT2D eigenvalue weighted by atomic mass is 16.5. The molecule has 1 N–H and O–H groups in total. The van der Waals surface area contributed by atoms with Crippen molar-refractivity contribution in [2.45, 2.75) is 31.8 Å². The molecule has 30 heavy (non-hydrogen) atoms. The van der Waals surface area contributed by atoms with Crippen molar-refractivity contribution < 1.29 is 28.8 Å². The van der Waals surface area contributed by atoms with Crippen molar-refractivity contribution >= 4 is 5.97 Å². The number of nitrogens with zero attached hydrogens (tertiary/aromatic N) is 2. The Morgan fingerprint density at radius 2 is 1.63 bits per heavy atom. The Morgan fingerprint density at radius 3 is 2.33 bits per heavy atom. The molecule has 0 radical (unpaired) electrons. The fraction of sp³-hybridized carbons (Fsp3) is 0.682. The number of carbonyl (C=O) groups is 1. The third kappa shape index (κ3) is 7.66. The Balaban J connectivity index is 2.14. The van der Waals surface area contributed by atoms with Gasteiger partial charge in [-0.3, -0.25) is 0 Å². The third-order valence-corrected chi connectivity index (χ3v) is 5.24. The molecule has 1 heterocycles. The average Bonchev–Trinajstić information content (AvgIpc) is 2.75. The summed E-state index contributed by atoms with van der Waals surface area (Å²) in [5.41, 5.74) is 0.357. The number of likely N-dealkylation sites (N-methyl/N-ethyl adjacent to an activating group) is 2. The van der Waals surface area contributed by atoms with E-state index in [9.17, 15) is 9.90 Å². The van der Waals surface area contributed by atoms with Crippen LogP contribution in [0.4, 0.5) is 0 Å². The normalized spacial score (nSPS) is 21.5. The van der Waals surface area contributed by atoms with E-state index in [1.165, 1.54) is 14.2 Å². The van der Waals surface area contributed by atoms with Gasteiger partial charge in [-0.15, -0.1) is 0 Å². The number of hydrogen-bond acceptors (Lipinski definition) is 8. The molecule has 0 amide bonds. The van der Waals surface area contributed by atoms with Crippen molar-refractivity contribution in [2.24, 2.45) is 0 Å². The van der Waals surface area contributed by atoms with Crippen molar-refractivity contribution in [2.75, 3.05) is 67.7 Å². The summed E-state index contributed by atoms with van der Waals surface area (Å²) in [7, 11) is 7.17. The van der Waals surface area contributed by atoms with E-state index in [4.69, 9.17) is 18.9 Å². The largest absolute Gasteiger partial charge is 0.493 e. The van der Waals surface area contributed by atoms with Gasteiger partial charge >= 0.3 is 5.97 Å². The lowest BCUT2D eigenvalue weighted by Gasteiger charge is -2.23. The van der Waals surface area contributed by atoms with E-state index in [0.717, 1.165) is 39.0 Å². The smallest absolute Gasteiger partial charge is 0.338 e. The number of ether oxygens (including phenoxy) is 4. The zero-order valence-electron chi connectivity index (χ0n) is 18.7. The molecule has 0 saturated carbocycles. The Kier molecular flexibility index (Phi) is 10.2. The summed E-state index contributed by atoms with van der Waals surface area (Å²) in [6, 6.07) is 3.22. The highest BCUT2D eigenvalue weighted by Crippen LogP contribution is 2.38. The predicted molar refractivity (Wildman–Crippen MR) is 115 cm³/mol. The van der Waals surface area contributed by atoms with Crippen LogP contribution in [0.1, 0.15) is 36.0 Å². The van der Waals surface area contributed by atoms with Crippen LogP contribution in [0, 0.1) is 0 Å². The first-order valence-corrected chi connectivity index (χ1v) is 10.6. The minimum absolute atomic E-state index is 0.343. The van der Waals surface area contributed by atoms with Gasteiger partial charge < -0.3 is 33.9 Å². The lowest BCUT2D eigenvalue weighted by molar-refractivity contribution is 0.0489. The summed E-state index contributed by atoms with van der Waals surface area (Å²) in [5.74, 6) is 0.853. The molecule has 1 atom stereocenters. The molecule has 1 aromatic carbocycles. The van der Waals surface area contributed by atoms with Gasteiger partial charge in [0.15, 0.2) is 11.5 Å². The number of cyclic esters (lactones) is 1. The maximum Gasteiger partial charge on any atom is 0.338 e. The lowest BCUT2D eigenvalue weighted by atomic mass is 10.1. The number of benzene rings is 1. The van der Waals surface area contributed by atoms with Crippen molar-refractivity contribution in [3.8, 4) is 17.2 Å². The van der Waals surface area contributed by atoms with E-state index in [1.54, 1.807) is 12.1 Å². The van der Waals surface area contributed by atoms with Crippen LogP contribution in [0.3, 0.4) is 0 Å². The van der Waals surface area contributed by atoms with Gasteiger partial charge in [0, 0.05) is 26.2 Å². The number of carbonyl (C=O) groups excluding carboxylic acids is 1. The predicted octanol–water partition coefficient (Wildman–Crippen LogP) is 2.04. The van der Waals surface area contributed by atoms with E-state index < -0.39 is 5.97 Å². The zero-order chi connectivity index (χ0) is 21.9. The van der Waals surface area contributed by atoms with Crippen molar-refractivity contribution in [1.82, 2.24) is 9.80 Å². The Hall–Kier alpha value is -2.03. The molecule has 1 aromatic rings. The van der Waals surface area contributed by atoms with Crippen LogP contribution in [0.2, 0.25) is 0 Å². The molecule has 2 bridgehead atoms. The first kappa shape index (κ1) is 24.2. The van der Waals surface area contributed by atoms with Gasteiger partial charge in [-0.25, -0.2) is 4.79 Å². The fourth-order valence-electron chi connectivity index (χ4n) is 3.32. The van der Waals surface area contributed by atoms with Crippen LogP contribution in [-0.2, 0) is 4.74 Å². The summed E-state index contributed by atoms with van der Waals surface area (Å²) in [6.45, 7) is 4.28. The van der Waals surface area contributed by atoms with E-state index in [-0.39, 0.29) is 6.10 Å². The summed E-state index contributed by atoms with van der Waals surface area (Å²) in [4.78, 5) is 17.0. The highest BCUT2D eigenvalue weighted by Gasteiger charge is 2.19. The Labute approximate surface area is 179 Å². The Morgan fingerprint density at radius 1 is 0.933 bits per heavy atom. The topological polar surface area (TPSA) is 80.7 Å². The quantitative estimate of drug-likeness (QED) is 0.723. The summed E-state index contributed by atoms with van der Waals surface area (Å²) in [5, 5.41) is 10.3. The van der Waals surface area contributed by atoms with Crippen molar-refractivity contribution in [3.05, 3.63) is 17.7 Å². The number of fused-ring (bicyclic) bond motifs is 2. The van der Waals surface area contributed by atoms with Crippen LogP contribution in [0.25, 0.3) is 0 Å². The number of hydrogen-bond donors (Lipinski definition) is 1. The molecule has 0 fully saturated rings. The first-order valence-electron chi connectivity index (χ1n) is 10.6. The molecule has 0 aromatic heterocycles. The molecule has 0 spiro atoms. The Bertz CT molecular complexity index is 669. The van der Waals surface area contributed by atoms with Crippen molar-refractivity contribution in [1.29, 1.82) is 0 Å². The minimum Gasteiger partial charge on any atom is -0.493 e. The number of aliphatic hydroxyl groups excluding tert-OH is 1. The molecular formula is C22H36N2O6. The first-order chi connectivity index (χ1) is 14.4. The van der Waals surface area contributed by atoms with Gasteiger partial charge in [0.25, 0.3) is 0 Å². The maximum absolute atomic E-state index is 12.5. The van der Waals surface area contributed by atoms with Crippen LogP contribution >= 0.6 is 0 Å². The maximum atomic E-state index is 12.5. The molecule has 0 aliphatic carbocycles. The molecule has 2 rings (SSSR count). The van der Waals surface area contributed by atoms with E-state index in [2.05, 4.69) is 23.9 Å². The van der Waals surface area contributed by atoms with E-state index >= 15 is 0 Å². The van der Waals surface area contributed by atoms with Gasteiger partial charge in [0.05, 0.1) is 39.1 Å². The zero-order valence-corrected chi connectivity index (χ0v) is 18.7. The van der Waals surface area contributed by atoms with Gasteiger partial charge in [-0.2, -0.15) is 0 Å². The second-order valence-corrected chi connectivity index (χ2v) is 7.74. The lowest BCUT2D eigenvalue weighted by Crippen LogP contribution is -2.33. The summed E-state index contributed by atoms with van der Waals surface area (Å²) in [6.07, 6.45) is 2.45. The SMILES string of the molecule is COc1cc2cc(c1OC)OCCCC(O)CCN(C)CCN(C)CCCOC2=O. The van der Waals surface area contributed by atoms with E-state index in [0.29, 0.717) is 48.9 Å². The molecular weight excluding hydrogens is 388 g/mol. The van der Waals surface area contributed by atoms with Crippen LogP contribution < -0.4 is 14.2 Å². The second-order valence-electron chi connectivity index (χ2n) is 7.74. The number of methoxy groups -OCH3 is 2. The monoisotopic (exact) mass is 424 g/mol. The third-order valence-electron chi connectivity index (χ3n) is 5.24. The molecule has 1 aliphatic heterocycles. The van der Waals surface area contributed by atoms with E-state index in [1.807, 2.05) is 0 Å². The molecule has 1 aliphatic rings. The number of aliphatic hydroxyl groups is 1. The van der Waals surface area contributed by atoms with Gasteiger partial charge in [-0.05, 0) is 51.9 Å². The number of rotatable bonds is 2. The molecule has 1 unspecified atom stereocenters. The highest BCUT2D eigenvalue weighted by molar-refractivity contribution is 5.91.